The molecule has 4 heteroatoms. The molecule has 1 aromatic rings. The van der Waals surface area contributed by atoms with Crippen LogP contribution in [0.15, 0.2) is 0 Å². The molecule has 17 heavy (non-hydrogen) atoms. The molecule has 92 valence electrons. The maximum Gasteiger partial charge on any atom is 0.182 e. The minimum Gasteiger partial charge on any atom is -0.383 e. The molecule has 0 spiro atoms. The molecule has 1 aromatic heterocycles. The Balaban J connectivity index is 1.72. The second kappa shape index (κ2) is 3.37. The Hall–Kier alpha value is -0.770. The molecule has 4 saturated carbocycles. The van der Waals surface area contributed by atoms with Gasteiger partial charge >= 0.3 is 0 Å². The van der Waals surface area contributed by atoms with E-state index in [0.29, 0.717) is 16.9 Å². The predicted molar refractivity (Wildman–Crippen MR) is 70.7 cm³/mol. The Morgan fingerprint density at radius 2 is 1.53 bits per heavy atom. The first-order chi connectivity index (χ1) is 8.20. The van der Waals surface area contributed by atoms with E-state index in [1.54, 1.807) is 11.3 Å². The van der Waals surface area contributed by atoms with Crippen LogP contribution in [-0.2, 0) is 0 Å². The Kier molecular flexibility index (Phi) is 2.02. The van der Waals surface area contributed by atoms with Crippen molar-refractivity contribution in [3.8, 4) is 0 Å². The summed E-state index contributed by atoms with van der Waals surface area (Å²) in [6.07, 6.45) is 7.20. The van der Waals surface area contributed by atoms with Crippen LogP contribution >= 0.6 is 11.3 Å². The molecule has 4 bridgehead atoms. The summed E-state index contributed by atoms with van der Waals surface area (Å²) >= 11 is 1.64. The van der Waals surface area contributed by atoms with Gasteiger partial charge in [0.2, 0.25) is 0 Å². The van der Waals surface area contributed by atoms with Crippen molar-refractivity contribution in [3.63, 3.8) is 0 Å². The van der Waals surface area contributed by atoms with Gasteiger partial charge in [0.15, 0.2) is 5.13 Å². The normalized spacial score (nSPS) is 43.2. The van der Waals surface area contributed by atoms with E-state index >= 15 is 0 Å². The molecule has 0 aliphatic heterocycles. The molecule has 4 aliphatic rings. The van der Waals surface area contributed by atoms with Crippen molar-refractivity contribution in [1.29, 1.82) is 0 Å². The number of nitrogens with zero attached hydrogens (tertiary/aromatic N) is 1. The van der Waals surface area contributed by atoms with E-state index in [1.165, 1.54) is 37.0 Å². The Morgan fingerprint density at radius 3 is 2.00 bits per heavy atom. The van der Waals surface area contributed by atoms with E-state index in [-0.39, 0.29) is 0 Å². The van der Waals surface area contributed by atoms with Crippen LogP contribution in [0.3, 0.4) is 0 Å². The number of nitrogen functional groups attached to an aromatic ring is 2. The van der Waals surface area contributed by atoms with E-state index in [4.69, 9.17) is 11.5 Å². The van der Waals surface area contributed by atoms with Crippen LogP contribution in [0, 0.1) is 23.7 Å². The highest BCUT2D eigenvalue weighted by Crippen LogP contribution is 2.61. The summed E-state index contributed by atoms with van der Waals surface area (Å²) < 4.78 is 0. The van der Waals surface area contributed by atoms with Crippen molar-refractivity contribution in [2.24, 2.45) is 23.7 Å². The average molecular weight is 249 g/mol. The van der Waals surface area contributed by atoms with Crippen LogP contribution in [0.1, 0.15) is 42.9 Å². The molecule has 0 aromatic carbocycles. The van der Waals surface area contributed by atoms with Gasteiger partial charge in [0.25, 0.3) is 0 Å². The first-order valence-electron chi connectivity index (χ1n) is 6.72. The molecule has 0 unspecified atom stereocenters. The number of rotatable bonds is 1. The molecule has 5 rings (SSSR count). The lowest BCUT2D eigenvalue weighted by atomic mass is 9.51. The number of aromatic nitrogens is 1. The number of hydrogen-bond acceptors (Lipinski definition) is 4. The molecule has 0 atom stereocenters. The van der Waals surface area contributed by atoms with Crippen LogP contribution < -0.4 is 11.5 Å². The van der Waals surface area contributed by atoms with Crippen molar-refractivity contribution in [1.82, 2.24) is 4.98 Å². The highest BCUT2D eigenvalue weighted by Gasteiger charge is 2.49. The van der Waals surface area contributed by atoms with E-state index in [0.717, 1.165) is 23.7 Å². The predicted octanol–water partition coefficient (Wildman–Crippen LogP) is 2.85. The van der Waals surface area contributed by atoms with Crippen LogP contribution in [-0.4, -0.2) is 4.98 Å². The number of anilines is 2. The summed E-state index contributed by atoms with van der Waals surface area (Å²) in [4.78, 5) is 5.52. The maximum atomic E-state index is 6.04. The highest BCUT2D eigenvalue weighted by atomic mass is 32.1. The van der Waals surface area contributed by atoms with Gasteiger partial charge in [-0.15, -0.1) is 0 Å². The second-order valence-corrected chi connectivity index (χ2v) is 7.32. The van der Waals surface area contributed by atoms with Gasteiger partial charge < -0.3 is 11.5 Å². The monoisotopic (exact) mass is 249 g/mol. The average Bonchev–Trinajstić information content (AvgIpc) is 2.56. The maximum absolute atomic E-state index is 6.04. The van der Waals surface area contributed by atoms with Crippen molar-refractivity contribution >= 4 is 22.3 Å². The van der Waals surface area contributed by atoms with Crippen LogP contribution in [0.5, 0.6) is 0 Å². The van der Waals surface area contributed by atoms with Gasteiger partial charge in [-0.3, -0.25) is 0 Å². The minimum atomic E-state index is 0.645. The Morgan fingerprint density at radius 1 is 0.941 bits per heavy atom. The fourth-order valence-corrected chi connectivity index (χ4v) is 5.99. The zero-order chi connectivity index (χ0) is 11.6. The molecule has 4 fully saturated rings. The van der Waals surface area contributed by atoms with Gasteiger partial charge in [0.1, 0.15) is 5.82 Å². The van der Waals surface area contributed by atoms with Gasteiger partial charge in [0.05, 0.1) is 4.88 Å². The zero-order valence-electron chi connectivity index (χ0n) is 9.93. The van der Waals surface area contributed by atoms with Crippen molar-refractivity contribution < 1.29 is 0 Å². The summed E-state index contributed by atoms with van der Waals surface area (Å²) in [7, 11) is 0. The third-order valence-electron chi connectivity index (χ3n) is 5.23. The summed E-state index contributed by atoms with van der Waals surface area (Å²) in [5.74, 6) is 5.16. The van der Waals surface area contributed by atoms with E-state index in [2.05, 4.69) is 4.98 Å². The summed E-state index contributed by atoms with van der Waals surface area (Å²) in [5, 5.41) is 0.645. The third kappa shape index (κ3) is 1.43. The molecular weight excluding hydrogens is 230 g/mol. The second-order valence-electron chi connectivity index (χ2n) is 6.26. The molecule has 0 saturated heterocycles. The molecule has 4 aliphatic carbocycles. The molecule has 0 amide bonds. The third-order valence-corrected chi connectivity index (χ3v) is 6.23. The van der Waals surface area contributed by atoms with Crippen LogP contribution in [0.2, 0.25) is 0 Å². The molecule has 0 radical (unpaired) electrons. The topological polar surface area (TPSA) is 64.9 Å². The number of nitrogens with two attached hydrogens (primary N) is 2. The van der Waals surface area contributed by atoms with Gasteiger partial charge in [0, 0.05) is 5.92 Å². The van der Waals surface area contributed by atoms with Crippen molar-refractivity contribution in [3.05, 3.63) is 4.88 Å². The van der Waals surface area contributed by atoms with E-state index in [1.807, 2.05) is 0 Å². The Labute approximate surface area is 106 Å². The van der Waals surface area contributed by atoms with E-state index in [9.17, 15) is 0 Å². The smallest absolute Gasteiger partial charge is 0.182 e. The van der Waals surface area contributed by atoms with E-state index < -0.39 is 0 Å². The highest BCUT2D eigenvalue weighted by molar-refractivity contribution is 7.16. The van der Waals surface area contributed by atoms with Gasteiger partial charge in [-0.25, -0.2) is 4.98 Å². The standard InChI is InChI=1S/C13H19N3S/c14-12-11(17-13(15)16-12)10-8-2-6-1-7(4-8)5-9(10)3-6/h6-10H,1-5,14H2,(H2,15,16). The fourth-order valence-electron chi connectivity index (χ4n) is 4.95. The van der Waals surface area contributed by atoms with Crippen molar-refractivity contribution in [2.75, 3.05) is 11.5 Å². The minimum absolute atomic E-state index is 0.645. The van der Waals surface area contributed by atoms with Crippen LogP contribution in [0.25, 0.3) is 0 Å². The molecular formula is C13H19N3S. The largest absolute Gasteiger partial charge is 0.383 e. The Bertz CT molecular complexity index is 426. The summed E-state index contributed by atoms with van der Waals surface area (Å²) in [6.45, 7) is 0. The summed E-state index contributed by atoms with van der Waals surface area (Å²) in [5.41, 5.74) is 11.8. The van der Waals surface area contributed by atoms with Crippen molar-refractivity contribution in [2.45, 2.75) is 38.0 Å². The number of thiazole rings is 1. The summed E-state index contributed by atoms with van der Waals surface area (Å²) in [6, 6.07) is 0. The lowest BCUT2D eigenvalue weighted by Gasteiger charge is -2.54. The SMILES string of the molecule is Nc1nc(N)c(C2C3CC4CC(C3)CC2C4)s1. The molecule has 4 N–H and O–H groups in total. The van der Waals surface area contributed by atoms with Gasteiger partial charge in [-0.1, -0.05) is 11.3 Å². The first kappa shape index (κ1) is 10.2. The zero-order valence-corrected chi connectivity index (χ0v) is 10.7. The fraction of sp³-hybridized carbons (Fsp3) is 0.769. The lowest BCUT2D eigenvalue weighted by Crippen LogP contribution is -2.43. The molecule has 1 heterocycles. The van der Waals surface area contributed by atoms with Crippen LogP contribution in [0.4, 0.5) is 10.9 Å². The van der Waals surface area contributed by atoms with Gasteiger partial charge in [-0.2, -0.15) is 0 Å². The lowest BCUT2D eigenvalue weighted by molar-refractivity contribution is -0.00144. The van der Waals surface area contributed by atoms with Gasteiger partial charge in [-0.05, 0) is 55.8 Å². The first-order valence-corrected chi connectivity index (χ1v) is 7.54. The molecule has 3 nitrogen and oxygen atoms in total. The number of hydrogen-bond donors (Lipinski definition) is 2. The quantitative estimate of drug-likeness (QED) is 0.804.